The normalized spacial score (nSPS) is 11.9. The van der Waals surface area contributed by atoms with E-state index < -0.39 is 10.0 Å². The Bertz CT molecular complexity index is 760. The largest absolute Gasteiger partial charge is 0.465 e. The smallest absolute Gasteiger partial charge is 0.267 e. The van der Waals surface area contributed by atoms with Gasteiger partial charge in [0.05, 0.1) is 5.69 Å². The lowest BCUT2D eigenvalue weighted by Gasteiger charge is -2.06. The topological polar surface area (TPSA) is 98.2 Å². The fourth-order valence-corrected chi connectivity index (χ4v) is 4.86. The number of anilines is 1. The summed E-state index contributed by atoms with van der Waals surface area (Å²) in [4.78, 5) is 5.42. The Kier molecular flexibility index (Phi) is 4.40. The average molecular weight is 329 g/mol. The van der Waals surface area contributed by atoms with E-state index in [-0.39, 0.29) is 11.4 Å². The van der Waals surface area contributed by atoms with Crippen molar-refractivity contribution in [3.05, 3.63) is 27.7 Å². The molecule has 8 heteroatoms. The van der Waals surface area contributed by atoms with Gasteiger partial charge in [0.2, 0.25) is 0 Å². The Hall–Kier alpha value is -1.38. The predicted octanol–water partition coefficient (Wildman–Crippen LogP) is 2.48. The molecule has 0 aliphatic rings. The van der Waals surface area contributed by atoms with Gasteiger partial charge in [-0.2, -0.15) is 0 Å². The highest BCUT2D eigenvalue weighted by Gasteiger charge is 2.27. The number of rotatable bonds is 5. The molecule has 0 amide bonds. The third-order valence-corrected chi connectivity index (χ3v) is 5.84. The lowest BCUT2D eigenvalue weighted by atomic mass is 10.2. The van der Waals surface area contributed by atoms with Gasteiger partial charge in [0.1, 0.15) is 16.4 Å². The van der Waals surface area contributed by atoms with Crippen molar-refractivity contribution in [1.29, 1.82) is 0 Å². The lowest BCUT2D eigenvalue weighted by Crippen LogP contribution is -2.16. The molecule has 0 aliphatic carbocycles. The van der Waals surface area contributed by atoms with E-state index in [1.165, 1.54) is 11.3 Å². The van der Waals surface area contributed by atoms with Gasteiger partial charge in [0, 0.05) is 17.0 Å². The molecule has 0 saturated heterocycles. The van der Waals surface area contributed by atoms with Crippen LogP contribution in [0.1, 0.15) is 34.6 Å². The standard InChI is InChI=1S/C13H19N3O3S2/c1-5-11-9(4)20-13(15-11)16-21(17,18)12-8(3)19-7(2)10(12)6-14/h5-6,14H2,1-4H3,(H,15,16). The predicted molar refractivity (Wildman–Crippen MR) is 83.1 cm³/mol. The van der Waals surface area contributed by atoms with E-state index in [1.807, 2.05) is 13.8 Å². The minimum atomic E-state index is -3.75. The first-order valence-electron chi connectivity index (χ1n) is 6.58. The first-order chi connectivity index (χ1) is 9.80. The van der Waals surface area contributed by atoms with Crippen LogP contribution in [0, 0.1) is 20.8 Å². The molecular formula is C13H19N3O3S2. The summed E-state index contributed by atoms with van der Waals surface area (Å²) in [5, 5.41) is 0.366. The number of furan rings is 1. The van der Waals surface area contributed by atoms with Gasteiger partial charge in [0.25, 0.3) is 10.0 Å². The number of hydrogen-bond donors (Lipinski definition) is 2. The van der Waals surface area contributed by atoms with Crippen LogP contribution in [0.15, 0.2) is 9.31 Å². The Labute approximate surface area is 128 Å². The zero-order chi connectivity index (χ0) is 15.8. The molecule has 0 unspecified atom stereocenters. The number of nitrogens with zero attached hydrogens (tertiary/aromatic N) is 1. The molecule has 2 rings (SSSR count). The summed E-state index contributed by atoms with van der Waals surface area (Å²) in [6.45, 7) is 7.34. The van der Waals surface area contributed by atoms with Crippen LogP contribution in [-0.2, 0) is 23.0 Å². The SMILES string of the molecule is CCc1nc(NS(=O)(=O)c2c(C)oc(C)c2CN)sc1C. The molecule has 21 heavy (non-hydrogen) atoms. The highest BCUT2D eigenvalue weighted by atomic mass is 32.2. The number of aromatic nitrogens is 1. The summed E-state index contributed by atoms with van der Waals surface area (Å²) >= 11 is 1.32. The monoisotopic (exact) mass is 329 g/mol. The van der Waals surface area contributed by atoms with Gasteiger partial charge >= 0.3 is 0 Å². The first-order valence-corrected chi connectivity index (χ1v) is 8.88. The van der Waals surface area contributed by atoms with Crippen molar-refractivity contribution >= 4 is 26.5 Å². The van der Waals surface area contributed by atoms with Crippen LogP contribution in [0.2, 0.25) is 0 Å². The van der Waals surface area contributed by atoms with E-state index in [4.69, 9.17) is 10.2 Å². The summed E-state index contributed by atoms with van der Waals surface area (Å²) in [7, 11) is -3.75. The van der Waals surface area contributed by atoms with E-state index in [0.29, 0.717) is 22.2 Å². The number of aryl methyl sites for hydroxylation is 4. The Morgan fingerprint density at radius 3 is 2.48 bits per heavy atom. The third kappa shape index (κ3) is 2.97. The van der Waals surface area contributed by atoms with Gasteiger partial charge in [-0.15, -0.1) is 11.3 Å². The van der Waals surface area contributed by atoms with Gasteiger partial charge < -0.3 is 10.2 Å². The first kappa shape index (κ1) is 16.0. The molecule has 2 heterocycles. The quantitative estimate of drug-likeness (QED) is 0.878. The second kappa shape index (κ2) is 5.78. The van der Waals surface area contributed by atoms with E-state index in [0.717, 1.165) is 17.0 Å². The van der Waals surface area contributed by atoms with E-state index in [9.17, 15) is 8.42 Å². The Morgan fingerprint density at radius 2 is 1.95 bits per heavy atom. The molecule has 2 aromatic rings. The summed E-state index contributed by atoms with van der Waals surface area (Å²) in [6.07, 6.45) is 0.766. The van der Waals surface area contributed by atoms with E-state index >= 15 is 0 Å². The molecular weight excluding hydrogens is 310 g/mol. The van der Waals surface area contributed by atoms with Crippen molar-refractivity contribution in [2.75, 3.05) is 4.72 Å². The average Bonchev–Trinajstić information content (AvgIpc) is 2.88. The summed E-state index contributed by atoms with van der Waals surface area (Å²) < 4.78 is 33.0. The van der Waals surface area contributed by atoms with Crippen LogP contribution in [0.4, 0.5) is 5.13 Å². The third-order valence-electron chi connectivity index (χ3n) is 3.25. The number of nitrogens with two attached hydrogens (primary N) is 1. The van der Waals surface area contributed by atoms with Crippen LogP contribution in [0.5, 0.6) is 0 Å². The molecule has 2 aromatic heterocycles. The fraction of sp³-hybridized carbons (Fsp3) is 0.462. The van der Waals surface area contributed by atoms with Gasteiger partial charge in [-0.05, 0) is 27.2 Å². The molecule has 0 atom stereocenters. The molecule has 116 valence electrons. The second-order valence-corrected chi connectivity index (χ2v) is 7.53. The van der Waals surface area contributed by atoms with Crippen LogP contribution in [-0.4, -0.2) is 13.4 Å². The molecule has 0 bridgehead atoms. The summed E-state index contributed by atoms with van der Waals surface area (Å²) in [5.74, 6) is 0.865. The van der Waals surface area contributed by atoms with Crippen LogP contribution in [0.25, 0.3) is 0 Å². The van der Waals surface area contributed by atoms with Gasteiger partial charge in [-0.1, -0.05) is 6.92 Å². The van der Waals surface area contributed by atoms with Crippen LogP contribution in [0.3, 0.4) is 0 Å². The Balaban J connectivity index is 2.43. The van der Waals surface area contributed by atoms with Crippen molar-refractivity contribution in [3.8, 4) is 0 Å². The molecule has 0 saturated carbocycles. The summed E-state index contributed by atoms with van der Waals surface area (Å²) in [5.41, 5.74) is 7.04. The molecule has 0 aliphatic heterocycles. The molecule has 6 nitrogen and oxygen atoms in total. The Morgan fingerprint density at radius 1 is 1.29 bits per heavy atom. The maximum absolute atomic E-state index is 12.6. The molecule has 3 N–H and O–H groups in total. The highest BCUT2D eigenvalue weighted by Crippen LogP contribution is 2.30. The minimum Gasteiger partial charge on any atom is -0.465 e. The fourth-order valence-electron chi connectivity index (χ4n) is 2.26. The second-order valence-electron chi connectivity index (χ2n) is 4.71. The molecule has 0 fully saturated rings. The number of nitrogens with one attached hydrogen (secondary N) is 1. The van der Waals surface area contributed by atoms with Crippen molar-refractivity contribution in [3.63, 3.8) is 0 Å². The zero-order valence-electron chi connectivity index (χ0n) is 12.5. The highest BCUT2D eigenvalue weighted by molar-refractivity contribution is 7.93. The van der Waals surface area contributed by atoms with E-state index in [1.54, 1.807) is 13.8 Å². The van der Waals surface area contributed by atoms with Gasteiger partial charge in [0.15, 0.2) is 5.13 Å². The summed E-state index contributed by atoms with van der Waals surface area (Å²) in [6, 6.07) is 0. The van der Waals surface area contributed by atoms with Crippen LogP contribution >= 0.6 is 11.3 Å². The number of hydrogen-bond acceptors (Lipinski definition) is 6. The number of sulfonamides is 1. The maximum atomic E-state index is 12.6. The van der Waals surface area contributed by atoms with E-state index in [2.05, 4.69) is 9.71 Å². The van der Waals surface area contributed by atoms with Crippen molar-refractivity contribution in [1.82, 2.24) is 4.98 Å². The van der Waals surface area contributed by atoms with Crippen LogP contribution < -0.4 is 10.5 Å². The molecule has 0 spiro atoms. The van der Waals surface area contributed by atoms with Gasteiger partial charge in [-0.25, -0.2) is 13.4 Å². The lowest BCUT2D eigenvalue weighted by molar-refractivity contribution is 0.494. The van der Waals surface area contributed by atoms with Crippen molar-refractivity contribution in [2.45, 2.75) is 45.6 Å². The van der Waals surface area contributed by atoms with Crippen molar-refractivity contribution in [2.24, 2.45) is 5.73 Å². The molecule has 0 radical (unpaired) electrons. The minimum absolute atomic E-state index is 0.108. The van der Waals surface area contributed by atoms with Gasteiger partial charge in [-0.3, -0.25) is 4.72 Å². The zero-order valence-corrected chi connectivity index (χ0v) is 14.1. The number of thiazole rings is 1. The molecule has 0 aromatic carbocycles. The maximum Gasteiger partial charge on any atom is 0.267 e. The van der Waals surface area contributed by atoms with Crippen molar-refractivity contribution < 1.29 is 12.8 Å².